The van der Waals surface area contributed by atoms with Gasteiger partial charge < -0.3 is 10.0 Å². The molecule has 3 atom stereocenters. The van der Waals surface area contributed by atoms with Crippen molar-refractivity contribution in [3.05, 3.63) is 74.2 Å². The minimum absolute atomic E-state index is 0.0204. The molecule has 0 spiro atoms. The van der Waals surface area contributed by atoms with Crippen molar-refractivity contribution < 1.29 is 32.7 Å². The summed E-state index contributed by atoms with van der Waals surface area (Å²) in [5, 5.41) is 9.23. The predicted octanol–water partition coefficient (Wildman–Crippen LogP) is 4.44. The molecule has 2 saturated heterocycles. The maximum atomic E-state index is 13.9. The molecule has 8 nitrogen and oxygen atoms in total. The number of piperidine rings is 1. The van der Waals surface area contributed by atoms with Gasteiger partial charge in [0, 0.05) is 23.9 Å². The summed E-state index contributed by atoms with van der Waals surface area (Å²) in [7, 11) is 0. The summed E-state index contributed by atoms with van der Waals surface area (Å²) in [4.78, 5) is 56.6. The summed E-state index contributed by atoms with van der Waals surface area (Å²) in [6, 6.07) is 10.1. The first-order valence-corrected chi connectivity index (χ1v) is 14.8. The van der Waals surface area contributed by atoms with E-state index < -0.39 is 45.5 Å². The number of nitrogens with zero attached hydrogens (tertiary/aromatic N) is 3. The molecular weight excluding hydrogens is 579 g/mol. The van der Waals surface area contributed by atoms with E-state index in [2.05, 4.69) is 0 Å². The first-order chi connectivity index (χ1) is 19.5. The van der Waals surface area contributed by atoms with Gasteiger partial charge in [-0.1, -0.05) is 41.3 Å². The van der Waals surface area contributed by atoms with Gasteiger partial charge >= 0.3 is 11.0 Å². The Bertz CT molecular complexity index is 1590. The fourth-order valence-electron chi connectivity index (χ4n) is 5.75. The molecule has 214 valence electrons. The van der Waals surface area contributed by atoms with E-state index in [-0.39, 0.29) is 23.9 Å². The summed E-state index contributed by atoms with van der Waals surface area (Å²) in [6.07, 6.45) is -1.88. The number of likely N-dealkylation sites (tertiary alicyclic amines) is 1. The molecule has 1 aromatic heterocycles. The number of alkyl halides is 3. The number of phenolic OH excluding ortho intramolecular Hbond substituents is 1. The van der Waals surface area contributed by atoms with Crippen molar-refractivity contribution in [2.75, 3.05) is 18.0 Å². The molecule has 0 bridgehead atoms. The number of carbonyl (C=O) groups is 3. The highest BCUT2D eigenvalue weighted by atomic mass is 32.2. The molecule has 4 heterocycles. The highest BCUT2D eigenvalue weighted by molar-refractivity contribution is 8.00. The zero-order chi connectivity index (χ0) is 29.1. The Morgan fingerprint density at radius 2 is 1.68 bits per heavy atom. The Morgan fingerprint density at radius 3 is 2.37 bits per heavy atom. The number of thiazole rings is 1. The minimum Gasteiger partial charge on any atom is -0.508 e. The molecule has 3 amide bonds. The number of rotatable bonds is 4. The summed E-state index contributed by atoms with van der Waals surface area (Å²) in [5.74, 6) is -3.39. The van der Waals surface area contributed by atoms with E-state index in [1.165, 1.54) is 22.8 Å². The zero-order valence-corrected chi connectivity index (χ0v) is 23.1. The van der Waals surface area contributed by atoms with E-state index in [0.29, 0.717) is 28.6 Å². The van der Waals surface area contributed by atoms with Crippen LogP contribution in [0.5, 0.6) is 5.75 Å². The molecule has 3 aromatic rings. The number of hydrogen-bond donors (Lipinski definition) is 1. The van der Waals surface area contributed by atoms with Gasteiger partial charge in [-0.05, 0) is 55.2 Å². The smallest absolute Gasteiger partial charge is 0.416 e. The number of amides is 3. The standard InChI is InChI=1S/C28H24F3N3O5S2/c29-28(30,31)16-5-4-6-17(13-16)34-24(37)21-20(15-7-9-18(35)10-8-15)23-26(40-22(21)25(34)38)33(27(39)41-23)14-19(36)32-11-2-1-3-12-32/h4-10,13,20-22,35H,1-3,11-12,14H2/t20-,21+,22-/m0/s1. The van der Waals surface area contributed by atoms with Crippen LogP contribution in [0.2, 0.25) is 0 Å². The molecule has 0 aliphatic carbocycles. The second kappa shape index (κ2) is 10.4. The van der Waals surface area contributed by atoms with Gasteiger partial charge in [-0.15, -0.1) is 0 Å². The number of fused-ring (bicyclic) bond motifs is 2. The largest absolute Gasteiger partial charge is 0.508 e. The van der Waals surface area contributed by atoms with Gasteiger partial charge in [0.25, 0.3) is 0 Å². The SMILES string of the molecule is O=C(Cn1c2c(sc1=O)[C@@H](c1ccc(O)cc1)[C@H]1C(=O)N(c3cccc(C(F)(F)F)c3)C(=O)[C@H]1S2)N1CCCCC1. The first kappa shape index (κ1) is 27.6. The number of halogens is 3. The normalized spacial score (nSPS) is 22.6. The zero-order valence-electron chi connectivity index (χ0n) is 21.5. The van der Waals surface area contributed by atoms with Gasteiger partial charge in [-0.2, -0.15) is 13.2 Å². The lowest BCUT2D eigenvalue weighted by Gasteiger charge is -2.31. The average molecular weight is 604 g/mol. The van der Waals surface area contributed by atoms with Crippen molar-refractivity contribution in [3.63, 3.8) is 0 Å². The molecule has 2 aromatic carbocycles. The predicted molar refractivity (Wildman–Crippen MR) is 146 cm³/mol. The maximum absolute atomic E-state index is 13.9. The Morgan fingerprint density at radius 1 is 0.976 bits per heavy atom. The van der Waals surface area contributed by atoms with Crippen molar-refractivity contribution in [3.8, 4) is 5.75 Å². The van der Waals surface area contributed by atoms with E-state index >= 15 is 0 Å². The lowest BCUT2D eigenvalue weighted by atomic mass is 9.83. The van der Waals surface area contributed by atoms with E-state index in [0.717, 1.165) is 65.5 Å². The number of phenols is 1. The Hall–Kier alpha value is -3.58. The third-order valence-electron chi connectivity index (χ3n) is 7.74. The van der Waals surface area contributed by atoms with Crippen LogP contribution in [0.15, 0.2) is 58.4 Å². The fourth-order valence-corrected chi connectivity index (χ4v) is 8.52. The molecule has 3 aliphatic heterocycles. The Labute approximate surface area is 240 Å². The van der Waals surface area contributed by atoms with Crippen LogP contribution in [0.4, 0.5) is 18.9 Å². The van der Waals surface area contributed by atoms with Crippen molar-refractivity contribution in [2.45, 2.75) is 48.2 Å². The van der Waals surface area contributed by atoms with Crippen LogP contribution in [-0.4, -0.2) is 50.6 Å². The number of imide groups is 1. The van der Waals surface area contributed by atoms with Crippen LogP contribution in [0.1, 0.15) is 41.2 Å². The van der Waals surface area contributed by atoms with E-state index in [1.54, 1.807) is 17.0 Å². The molecule has 41 heavy (non-hydrogen) atoms. The van der Waals surface area contributed by atoms with Crippen LogP contribution in [-0.2, 0) is 27.1 Å². The molecule has 0 saturated carbocycles. The van der Waals surface area contributed by atoms with Gasteiger partial charge in [0.1, 0.15) is 17.5 Å². The number of aromatic nitrogens is 1. The average Bonchev–Trinajstić information content (AvgIpc) is 3.39. The minimum atomic E-state index is -4.67. The van der Waals surface area contributed by atoms with Crippen molar-refractivity contribution >= 4 is 46.5 Å². The summed E-state index contributed by atoms with van der Waals surface area (Å²) in [6.45, 7) is 0.997. The van der Waals surface area contributed by atoms with Crippen LogP contribution < -0.4 is 9.77 Å². The van der Waals surface area contributed by atoms with Crippen LogP contribution in [0.3, 0.4) is 0 Å². The summed E-state index contributed by atoms with van der Waals surface area (Å²) in [5.41, 5.74) is -0.616. The van der Waals surface area contributed by atoms with E-state index in [1.807, 2.05) is 0 Å². The van der Waals surface area contributed by atoms with Crippen LogP contribution in [0.25, 0.3) is 0 Å². The quantitative estimate of drug-likeness (QED) is 0.443. The number of benzene rings is 2. The van der Waals surface area contributed by atoms with E-state index in [4.69, 9.17) is 0 Å². The van der Waals surface area contributed by atoms with Gasteiger partial charge in [-0.3, -0.25) is 23.7 Å². The van der Waals surface area contributed by atoms with Crippen molar-refractivity contribution in [1.29, 1.82) is 0 Å². The topological polar surface area (TPSA) is 99.9 Å². The van der Waals surface area contributed by atoms with Gasteiger partial charge in [0.15, 0.2) is 0 Å². The highest BCUT2D eigenvalue weighted by Gasteiger charge is 2.57. The third kappa shape index (κ3) is 4.84. The van der Waals surface area contributed by atoms with Crippen molar-refractivity contribution in [2.24, 2.45) is 5.92 Å². The lowest BCUT2D eigenvalue weighted by molar-refractivity contribution is -0.137. The monoisotopic (exact) mass is 603 g/mol. The van der Waals surface area contributed by atoms with Crippen LogP contribution >= 0.6 is 23.1 Å². The summed E-state index contributed by atoms with van der Waals surface area (Å²) >= 11 is 1.89. The molecule has 13 heteroatoms. The number of thioether (sulfide) groups is 1. The second-order valence-corrected chi connectivity index (χ2v) is 12.4. The van der Waals surface area contributed by atoms with Gasteiger partial charge in [0.05, 0.1) is 22.2 Å². The van der Waals surface area contributed by atoms with Gasteiger partial charge in [-0.25, -0.2) is 4.90 Å². The highest BCUT2D eigenvalue weighted by Crippen LogP contribution is 2.54. The number of hydrogen-bond acceptors (Lipinski definition) is 7. The molecule has 3 aliphatic rings. The van der Waals surface area contributed by atoms with Gasteiger partial charge in [0.2, 0.25) is 17.7 Å². The molecule has 1 N–H and O–H groups in total. The molecule has 2 fully saturated rings. The fraction of sp³-hybridized carbons (Fsp3) is 0.357. The maximum Gasteiger partial charge on any atom is 0.416 e. The molecular formula is C28H24F3N3O5S2. The molecule has 0 unspecified atom stereocenters. The van der Waals surface area contributed by atoms with Crippen LogP contribution in [0, 0.1) is 5.92 Å². The van der Waals surface area contributed by atoms with E-state index in [9.17, 15) is 37.5 Å². The Kier molecular flexibility index (Phi) is 6.97. The third-order valence-corrected chi connectivity index (χ3v) is 10.3. The number of aromatic hydroxyl groups is 1. The van der Waals surface area contributed by atoms with Crippen molar-refractivity contribution in [1.82, 2.24) is 9.47 Å². The first-order valence-electron chi connectivity index (χ1n) is 13.1. The Balaban J connectivity index is 1.43. The molecule has 0 radical (unpaired) electrons. The second-order valence-electron chi connectivity index (χ2n) is 10.3. The summed E-state index contributed by atoms with van der Waals surface area (Å²) < 4.78 is 41.7. The number of anilines is 1. The lowest BCUT2D eigenvalue weighted by Crippen LogP contribution is -2.39. The molecule has 6 rings (SSSR count). The number of carbonyl (C=O) groups excluding carboxylic acids is 3.